The molecule has 2 aliphatic rings. The van der Waals surface area contributed by atoms with Gasteiger partial charge in [0.25, 0.3) is 11.5 Å². The van der Waals surface area contributed by atoms with Crippen LogP contribution in [-0.2, 0) is 4.79 Å². The van der Waals surface area contributed by atoms with Crippen LogP contribution >= 0.6 is 11.6 Å². The number of likely N-dealkylation sites (N-methyl/N-ethyl adjacent to an activating group) is 1. The Hall–Kier alpha value is -3.37. The molecule has 2 saturated heterocycles. The first kappa shape index (κ1) is 27.2. The molecule has 0 aliphatic carbocycles. The molecule has 1 amide bonds. The number of likely N-dealkylation sites (tertiary alicyclic amines) is 1. The van der Waals surface area contributed by atoms with Crippen molar-refractivity contribution in [3.05, 3.63) is 45.8 Å². The van der Waals surface area contributed by atoms with Gasteiger partial charge < -0.3 is 29.7 Å². The number of pyridine rings is 1. The van der Waals surface area contributed by atoms with Gasteiger partial charge in [-0.2, -0.15) is 4.98 Å². The van der Waals surface area contributed by atoms with E-state index in [0.29, 0.717) is 22.2 Å². The molecule has 11 heteroatoms. The van der Waals surface area contributed by atoms with Crippen molar-refractivity contribution in [2.75, 3.05) is 57.1 Å². The van der Waals surface area contributed by atoms with E-state index in [1.165, 1.54) is 19.9 Å². The first-order chi connectivity index (χ1) is 18.7. The van der Waals surface area contributed by atoms with Crippen molar-refractivity contribution in [3.8, 4) is 5.75 Å². The first-order valence-corrected chi connectivity index (χ1v) is 13.8. The van der Waals surface area contributed by atoms with Crippen molar-refractivity contribution in [3.63, 3.8) is 0 Å². The molecule has 0 bridgehead atoms. The summed E-state index contributed by atoms with van der Waals surface area (Å²) in [6, 6.07) is 7.27. The van der Waals surface area contributed by atoms with E-state index in [2.05, 4.69) is 32.5 Å². The smallest absolute Gasteiger partial charge is 0.293 e. The van der Waals surface area contributed by atoms with Gasteiger partial charge in [-0.3, -0.25) is 9.59 Å². The third-order valence-electron chi connectivity index (χ3n) is 7.92. The van der Waals surface area contributed by atoms with Crippen LogP contribution in [-0.4, -0.2) is 72.2 Å². The molecular formula is C28H36ClN7O3. The second-order valence-electron chi connectivity index (χ2n) is 11.0. The number of ether oxygens (including phenoxy) is 1. The highest BCUT2D eigenvalue weighted by molar-refractivity contribution is 6.32. The van der Waals surface area contributed by atoms with Gasteiger partial charge in [-0.05, 0) is 82.9 Å². The number of fused-ring (bicyclic) bond motifs is 1. The fraction of sp³-hybridized carbons (Fsp3) is 0.500. The Balaban J connectivity index is 1.41. The molecule has 4 heterocycles. The first-order valence-electron chi connectivity index (χ1n) is 13.4. The van der Waals surface area contributed by atoms with Crippen LogP contribution in [0.1, 0.15) is 39.2 Å². The van der Waals surface area contributed by atoms with Crippen molar-refractivity contribution in [2.24, 2.45) is 5.41 Å². The monoisotopic (exact) mass is 553 g/mol. The zero-order valence-corrected chi connectivity index (χ0v) is 23.7. The Kier molecular flexibility index (Phi) is 7.68. The Labute approximate surface area is 233 Å². The Bertz CT molecular complexity index is 1430. The molecule has 1 aromatic carbocycles. The molecule has 3 aromatic rings. The second-order valence-corrected chi connectivity index (χ2v) is 11.4. The number of piperidine rings is 1. The number of nitrogens with zero attached hydrogens (tertiary/aromatic N) is 5. The number of hydrogen-bond donors (Lipinski definition) is 2. The van der Waals surface area contributed by atoms with Crippen LogP contribution in [0.4, 0.5) is 17.5 Å². The van der Waals surface area contributed by atoms with E-state index in [1.807, 2.05) is 32.0 Å². The SMILES string of the molecule is CNC(=O)COc1cc2cc(Nc3nc(N4CCC5(CCN(C)CC5)C4)ncc3Cl)ccc2n(C(C)C)c1=O. The summed E-state index contributed by atoms with van der Waals surface area (Å²) >= 11 is 6.51. The van der Waals surface area contributed by atoms with E-state index >= 15 is 0 Å². The largest absolute Gasteiger partial charge is 0.478 e. The number of benzene rings is 1. The highest BCUT2D eigenvalue weighted by atomic mass is 35.5. The number of hydrogen-bond acceptors (Lipinski definition) is 8. The van der Waals surface area contributed by atoms with Crippen LogP contribution in [0.2, 0.25) is 5.02 Å². The minimum absolute atomic E-state index is 0.102. The van der Waals surface area contributed by atoms with Crippen molar-refractivity contribution >= 4 is 45.9 Å². The van der Waals surface area contributed by atoms with Crippen LogP contribution in [0.5, 0.6) is 5.75 Å². The number of rotatable bonds is 7. The molecule has 2 fully saturated rings. The summed E-state index contributed by atoms with van der Waals surface area (Å²) in [7, 11) is 3.71. The molecule has 208 valence electrons. The minimum atomic E-state index is -0.310. The molecule has 2 aliphatic heterocycles. The number of nitrogens with one attached hydrogen (secondary N) is 2. The number of aromatic nitrogens is 3. The number of carbonyl (C=O) groups is 1. The van der Waals surface area contributed by atoms with Gasteiger partial charge in [-0.1, -0.05) is 11.6 Å². The highest BCUT2D eigenvalue weighted by Crippen LogP contribution is 2.41. The average molecular weight is 554 g/mol. The summed E-state index contributed by atoms with van der Waals surface area (Å²) in [6.07, 6.45) is 5.20. The fourth-order valence-electron chi connectivity index (χ4n) is 5.57. The number of amides is 1. The van der Waals surface area contributed by atoms with E-state index in [-0.39, 0.29) is 29.9 Å². The Morgan fingerprint density at radius 1 is 1.18 bits per heavy atom. The standard InChI is InChI=1S/C28H36ClN7O3/c1-18(2)36-22-6-5-20(13-19(22)14-23(26(36)38)39-16-24(37)30-3)32-25-21(29)15-31-27(33-25)35-12-9-28(17-35)7-10-34(4)11-8-28/h5-6,13-15,18H,7-12,16-17H2,1-4H3,(H,30,37)(H,31,32,33). The molecule has 0 unspecified atom stereocenters. The van der Waals surface area contributed by atoms with E-state index in [4.69, 9.17) is 21.3 Å². The van der Waals surface area contributed by atoms with Gasteiger partial charge in [-0.15, -0.1) is 0 Å². The van der Waals surface area contributed by atoms with Crippen LogP contribution in [0, 0.1) is 5.41 Å². The van der Waals surface area contributed by atoms with Crippen molar-refractivity contribution < 1.29 is 9.53 Å². The van der Waals surface area contributed by atoms with Crippen LogP contribution in [0.25, 0.3) is 10.9 Å². The van der Waals surface area contributed by atoms with Crippen molar-refractivity contribution in [2.45, 2.75) is 39.2 Å². The molecule has 2 aromatic heterocycles. The zero-order valence-electron chi connectivity index (χ0n) is 23.0. The molecule has 5 rings (SSSR count). The second kappa shape index (κ2) is 11.0. The van der Waals surface area contributed by atoms with E-state index < -0.39 is 0 Å². The van der Waals surface area contributed by atoms with E-state index in [9.17, 15) is 9.59 Å². The summed E-state index contributed by atoms with van der Waals surface area (Å²) in [5, 5.41) is 7.05. The van der Waals surface area contributed by atoms with Gasteiger partial charge in [0, 0.05) is 37.3 Å². The lowest BCUT2D eigenvalue weighted by Gasteiger charge is -2.37. The number of carbonyl (C=O) groups excluding carboxylic acids is 1. The van der Waals surface area contributed by atoms with Gasteiger partial charge in [-0.25, -0.2) is 4.98 Å². The van der Waals surface area contributed by atoms with Crippen molar-refractivity contribution in [1.82, 2.24) is 24.8 Å². The molecule has 1 spiro atoms. The molecule has 0 atom stereocenters. The maximum absolute atomic E-state index is 13.1. The molecule has 0 saturated carbocycles. The summed E-state index contributed by atoms with van der Waals surface area (Å²) in [5.41, 5.74) is 1.58. The van der Waals surface area contributed by atoms with Gasteiger partial charge in [0.05, 0.1) is 11.7 Å². The maximum atomic E-state index is 13.1. The number of anilines is 3. The predicted octanol–water partition coefficient (Wildman–Crippen LogP) is 3.82. The third kappa shape index (κ3) is 5.67. The van der Waals surface area contributed by atoms with Crippen LogP contribution in [0.3, 0.4) is 0 Å². The van der Waals surface area contributed by atoms with Gasteiger partial charge in [0.15, 0.2) is 18.2 Å². The quantitative estimate of drug-likeness (QED) is 0.455. The maximum Gasteiger partial charge on any atom is 0.293 e. The van der Waals surface area contributed by atoms with E-state index in [1.54, 1.807) is 16.8 Å². The highest BCUT2D eigenvalue weighted by Gasteiger charge is 2.40. The predicted molar refractivity (Wildman–Crippen MR) is 154 cm³/mol. The summed E-state index contributed by atoms with van der Waals surface area (Å²) in [4.78, 5) is 38.8. The Morgan fingerprint density at radius 3 is 2.64 bits per heavy atom. The van der Waals surface area contributed by atoms with Gasteiger partial charge in [0.1, 0.15) is 5.02 Å². The molecular weight excluding hydrogens is 518 g/mol. The normalized spacial score (nSPS) is 17.2. The van der Waals surface area contributed by atoms with E-state index in [0.717, 1.165) is 49.2 Å². The fourth-order valence-corrected chi connectivity index (χ4v) is 5.71. The topological polar surface area (TPSA) is 105 Å². The van der Waals surface area contributed by atoms with Crippen molar-refractivity contribution in [1.29, 1.82) is 0 Å². The lowest BCUT2D eigenvalue weighted by Crippen LogP contribution is -2.39. The Morgan fingerprint density at radius 2 is 1.92 bits per heavy atom. The average Bonchev–Trinajstić information content (AvgIpc) is 3.34. The van der Waals surface area contributed by atoms with Gasteiger partial charge in [0.2, 0.25) is 5.95 Å². The molecule has 2 N–H and O–H groups in total. The molecule has 39 heavy (non-hydrogen) atoms. The third-order valence-corrected chi connectivity index (χ3v) is 8.20. The van der Waals surface area contributed by atoms with Crippen LogP contribution < -0.4 is 25.8 Å². The number of halogens is 1. The van der Waals surface area contributed by atoms with Gasteiger partial charge >= 0.3 is 0 Å². The lowest BCUT2D eigenvalue weighted by molar-refractivity contribution is -0.122. The molecule has 0 radical (unpaired) electrons. The zero-order chi connectivity index (χ0) is 27.7. The summed E-state index contributed by atoms with van der Waals surface area (Å²) in [5.74, 6) is 1.02. The minimum Gasteiger partial charge on any atom is -0.478 e. The van der Waals surface area contributed by atoms with Crippen LogP contribution in [0.15, 0.2) is 35.3 Å². The molecule has 10 nitrogen and oxygen atoms in total. The lowest BCUT2D eigenvalue weighted by atomic mass is 9.78. The summed E-state index contributed by atoms with van der Waals surface area (Å²) < 4.78 is 7.24. The summed E-state index contributed by atoms with van der Waals surface area (Å²) in [6.45, 7) is 7.80.